The number of thioether (sulfide) groups is 1. The Kier molecular flexibility index (Phi) is 5.08. The van der Waals surface area contributed by atoms with Crippen molar-refractivity contribution in [1.29, 1.82) is 0 Å². The zero-order valence-corrected chi connectivity index (χ0v) is 15.6. The van der Waals surface area contributed by atoms with E-state index in [1.54, 1.807) is 4.52 Å². The topological polar surface area (TPSA) is 72.2 Å². The minimum absolute atomic E-state index is 0.0680. The lowest BCUT2D eigenvalue weighted by molar-refractivity contribution is -0.121. The molecule has 24 heavy (non-hydrogen) atoms. The molecule has 1 amide bonds. The van der Waals surface area contributed by atoms with Crippen molar-refractivity contribution in [3.63, 3.8) is 0 Å². The fraction of sp³-hybridized carbons (Fsp3) is 0.647. The summed E-state index contributed by atoms with van der Waals surface area (Å²) >= 11 is 1.39. The van der Waals surface area contributed by atoms with Crippen LogP contribution in [0.3, 0.4) is 0 Å². The van der Waals surface area contributed by atoms with E-state index in [-0.39, 0.29) is 11.2 Å². The first-order valence-corrected chi connectivity index (χ1v) is 9.50. The molecular formula is C17H25N5OS. The normalized spacial score (nSPS) is 22.5. The molecule has 0 radical (unpaired) electrons. The van der Waals surface area contributed by atoms with Crippen LogP contribution in [-0.4, -0.2) is 36.8 Å². The smallest absolute Gasteiger partial charge is 0.253 e. The van der Waals surface area contributed by atoms with Gasteiger partial charge in [-0.2, -0.15) is 4.98 Å². The summed E-state index contributed by atoms with van der Waals surface area (Å²) < 4.78 is 1.73. The summed E-state index contributed by atoms with van der Waals surface area (Å²) in [6, 6.07) is 2.27. The predicted octanol–water partition coefficient (Wildman–Crippen LogP) is 2.92. The van der Waals surface area contributed by atoms with Crippen molar-refractivity contribution >= 4 is 23.4 Å². The maximum absolute atomic E-state index is 12.5. The van der Waals surface area contributed by atoms with Gasteiger partial charge >= 0.3 is 0 Å². The van der Waals surface area contributed by atoms with Crippen molar-refractivity contribution in [2.75, 3.05) is 0 Å². The summed E-state index contributed by atoms with van der Waals surface area (Å²) in [5.41, 5.74) is 1.91. The first kappa shape index (κ1) is 17.2. The minimum Gasteiger partial charge on any atom is -0.352 e. The number of rotatable bonds is 4. The first-order valence-electron chi connectivity index (χ1n) is 8.62. The van der Waals surface area contributed by atoms with Crippen molar-refractivity contribution < 1.29 is 4.79 Å². The lowest BCUT2D eigenvalue weighted by Crippen LogP contribution is -2.44. The Bertz CT molecular complexity index is 744. The third kappa shape index (κ3) is 3.71. The molecule has 3 rings (SSSR count). The Morgan fingerprint density at radius 2 is 2.08 bits per heavy atom. The quantitative estimate of drug-likeness (QED) is 0.861. The average molecular weight is 347 g/mol. The van der Waals surface area contributed by atoms with E-state index in [1.807, 2.05) is 26.8 Å². The fourth-order valence-corrected chi connectivity index (χ4v) is 3.99. The number of carbonyl (C=O) groups excluding carboxylic acids is 1. The molecule has 7 heteroatoms. The Hall–Kier alpha value is -1.63. The molecule has 2 aromatic rings. The number of aromatic nitrogens is 4. The lowest BCUT2D eigenvalue weighted by atomic mass is 9.86. The van der Waals surface area contributed by atoms with Gasteiger partial charge < -0.3 is 5.32 Å². The summed E-state index contributed by atoms with van der Waals surface area (Å²) in [6.07, 6.45) is 4.76. The lowest BCUT2D eigenvalue weighted by Gasteiger charge is -2.30. The second kappa shape index (κ2) is 7.09. The number of hydrogen-bond donors (Lipinski definition) is 1. The van der Waals surface area contributed by atoms with Gasteiger partial charge in [-0.3, -0.25) is 4.79 Å². The van der Waals surface area contributed by atoms with Crippen LogP contribution in [0.1, 0.15) is 50.9 Å². The van der Waals surface area contributed by atoms with E-state index in [9.17, 15) is 4.79 Å². The highest BCUT2D eigenvalue weighted by Gasteiger charge is 2.26. The van der Waals surface area contributed by atoms with Crippen molar-refractivity contribution in [3.05, 3.63) is 17.5 Å². The van der Waals surface area contributed by atoms with Gasteiger partial charge in [-0.25, -0.2) is 9.50 Å². The molecule has 6 nitrogen and oxygen atoms in total. The van der Waals surface area contributed by atoms with Gasteiger partial charge in [-0.1, -0.05) is 31.5 Å². The molecule has 1 N–H and O–H groups in total. The van der Waals surface area contributed by atoms with Crippen LogP contribution >= 0.6 is 11.8 Å². The Morgan fingerprint density at radius 1 is 1.33 bits per heavy atom. The van der Waals surface area contributed by atoms with Crippen LogP contribution in [0.2, 0.25) is 0 Å². The van der Waals surface area contributed by atoms with Gasteiger partial charge in [0.1, 0.15) is 0 Å². The molecule has 2 aromatic heterocycles. The number of nitrogens with one attached hydrogen (secondary N) is 1. The van der Waals surface area contributed by atoms with Gasteiger partial charge in [0, 0.05) is 17.4 Å². The summed E-state index contributed by atoms with van der Waals surface area (Å²) in [5.74, 6) is 1.21. The zero-order valence-electron chi connectivity index (χ0n) is 14.7. The molecule has 1 aliphatic rings. The van der Waals surface area contributed by atoms with Crippen molar-refractivity contribution in [1.82, 2.24) is 24.9 Å². The Balaban J connectivity index is 1.66. The summed E-state index contributed by atoms with van der Waals surface area (Å²) in [7, 11) is 0. The van der Waals surface area contributed by atoms with Crippen LogP contribution in [-0.2, 0) is 4.79 Å². The van der Waals surface area contributed by atoms with E-state index >= 15 is 0 Å². The van der Waals surface area contributed by atoms with Gasteiger partial charge in [0.2, 0.25) is 11.1 Å². The van der Waals surface area contributed by atoms with E-state index in [1.165, 1.54) is 31.0 Å². The monoisotopic (exact) mass is 347 g/mol. The van der Waals surface area contributed by atoms with E-state index in [0.717, 1.165) is 17.8 Å². The third-order valence-corrected chi connectivity index (χ3v) is 5.64. The highest BCUT2D eigenvalue weighted by molar-refractivity contribution is 8.00. The molecule has 0 spiro atoms. The molecule has 0 unspecified atom stereocenters. The van der Waals surface area contributed by atoms with Gasteiger partial charge in [0.25, 0.3) is 5.78 Å². The number of amides is 1. The van der Waals surface area contributed by atoms with Crippen molar-refractivity contribution in [3.8, 4) is 0 Å². The number of hydrogen-bond acceptors (Lipinski definition) is 5. The second-order valence-corrected chi connectivity index (χ2v) is 8.09. The molecular weight excluding hydrogens is 322 g/mol. The van der Waals surface area contributed by atoms with Crippen molar-refractivity contribution in [2.24, 2.45) is 5.92 Å². The van der Waals surface area contributed by atoms with E-state index < -0.39 is 0 Å². The van der Waals surface area contributed by atoms with E-state index in [0.29, 0.717) is 22.9 Å². The minimum atomic E-state index is -0.224. The first-order chi connectivity index (χ1) is 11.4. The molecule has 130 valence electrons. The average Bonchev–Trinajstić information content (AvgIpc) is 2.92. The summed E-state index contributed by atoms with van der Waals surface area (Å²) in [6.45, 7) is 8.05. The molecule has 0 aliphatic heterocycles. The van der Waals surface area contributed by atoms with Gasteiger partial charge in [0.15, 0.2) is 0 Å². The third-order valence-electron chi connectivity index (χ3n) is 4.69. The van der Waals surface area contributed by atoms with Crippen LogP contribution in [0.25, 0.3) is 5.78 Å². The SMILES string of the molecule is Cc1cc(C)n2nc(S[C@@H](C)C(=O)N[C@H]3CCCC[C@@H]3C)nc2n1. The van der Waals surface area contributed by atoms with E-state index in [2.05, 4.69) is 27.3 Å². The van der Waals surface area contributed by atoms with Crippen LogP contribution in [0.5, 0.6) is 0 Å². The maximum Gasteiger partial charge on any atom is 0.253 e. The van der Waals surface area contributed by atoms with Gasteiger partial charge in [-0.15, -0.1) is 5.10 Å². The molecule has 0 saturated heterocycles. The predicted molar refractivity (Wildman–Crippen MR) is 95.1 cm³/mol. The van der Waals surface area contributed by atoms with Crippen LogP contribution in [0.4, 0.5) is 0 Å². The largest absolute Gasteiger partial charge is 0.352 e. The highest BCUT2D eigenvalue weighted by Crippen LogP contribution is 2.25. The number of carbonyl (C=O) groups is 1. The molecule has 0 aromatic carbocycles. The van der Waals surface area contributed by atoms with Crippen LogP contribution in [0.15, 0.2) is 11.2 Å². The Morgan fingerprint density at radius 3 is 2.83 bits per heavy atom. The molecule has 1 saturated carbocycles. The number of fused-ring (bicyclic) bond motifs is 1. The second-order valence-electron chi connectivity index (χ2n) is 6.78. The van der Waals surface area contributed by atoms with Gasteiger partial charge in [0.05, 0.1) is 5.25 Å². The summed E-state index contributed by atoms with van der Waals surface area (Å²) in [5, 5.41) is 8.04. The van der Waals surface area contributed by atoms with Crippen molar-refractivity contribution in [2.45, 2.75) is 69.8 Å². The standard InChI is InChI=1S/C17H25N5OS/c1-10-7-5-6-8-14(10)19-15(23)13(4)24-17-20-16-18-11(2)9-12(3)22(16)21-17/h9-10,13-14H,5-8H2,1-4H3,(H,19,23)/t10-,13-,14-/m0/s1. The van der Waals surface area contributed by atoms with E-state index in [4.69, 9.17) is 0 Å². The Labute approximate surface area is 146 Å². The van der Waals surface area contributed by atoms with Gasteiger partial charge in [-0.05, 0) is 45.6 Å². The number of aryl methyl sites for hydroxylation is 2. The number of nitrogens with zero attached hydrogens (tertiary/aromatic N) is 4. The maximum atomic E-state index is 12.5. The zero-order chi connectivity index (χ0) is 17.3. The molecule has 2 heterocycles. The highest BCUT2D eigenvalue weighted by atomic mass is 32.2. The fourth-order valence-electron chi connectivity index (χ4n) is 3.24. The molecule has 0 bridgehead atoms. The molecule has 3 atom stereocenters. The molecule has 1 fully saturated rings. The summed E-state index contributed by atoms with van der Waals surface area (Å²) in [4.78, 5) is 21.3. The van der Waals surface area contributed by atoms with Crippen LogP contribution < -0.4 is 5.32 Å². The molecule has 1 aliphatic carbocycles. The van der Waals surface area contributed by atoms with Crippen LogP contribution in [0, 0.1) is 19.8 Å².